The van der Waals surface area contributed by atoms with E-state index in [-0.39, 0.29) is 17.0 Å². The van der Waals surface area contributed by atoms with Gasteiger partial charge in [-0.25, -0.2) is 4.98 Å². The molecule has 0 aliphatic heterocycles. The summed E-state index contributed by atoms with van der Waals surface area (Å²) in [4.78, 5) is 4.06. The van der Waals surface area contributed by atoms with Crippen LogP contribution in [0.2, 0.25) is 0 Å². The summed E-state index contributed by atoms with van der Waals surface area (Å²) in [6.07, 6.45) is 10.9. The molecule has 0 amide bonds. The highest BCUT2D eigenvalue weighted by Gasteiger charge is 2.05. The van der Waals surface area contributed by atoms with Gasteiger partial charge in [0.1, 0.15) is 0 Å². The number of aromatic nitrogens is 2. The van der Waals surface area contributed by atoms with E-state index in [0.29, 0.717) is 6.04 Å². The van der Waals surface area contributed by atoms with E-state index < -0.39 is 0 Å². The minimum atomic E-state index is 0. The predicted octanol–water partition coefficient (Wildman–Crippen LogP) is 3.60. The van der Waals surface area contributed by atoms with Crippen LogP contribution in [-0.2, 0) is 0 Å². The SMILES string of the molecule is Br.CCCCC(CC)n1ccnc1. The molecule has 1 heterocycles. The molecule has 0 bridgehead atoms. The number of imidazole rings is 1. The van der Waals surface area contributed by atoms with Crippen molar-refractivity contribution in [1.29, 1.82) is 0 Å². The Morgan fingerprint density at radius 1 is 1.38 bits per heavy atom. The Bertz CT molecular complexity index is 197. The molecule has 0 saturated heterocycles. The van der Waals surface area contributed by atoms with E-state index in [1.807, 2.05) is 12.5 Å². The number of halogens is 1. The molecular formula is C10H19BrN2. The molecule has 0 fully saturated rings. The molecule has 0 spiro atoms. The highest BCUT2D eigenvalue weighted by molar-refractivity contribution is 8.93. The van der Waals surface area contributed by atoms with Crippen molar-refractivity contribution in [3.63, 3.8) is 0 Å². The fraction of sp³-hybridized carbons (Fsp3) is 0.700. The Hall–Kier alpha value is -0.310. The molecule has 0 aromatic carbocycles. The third kappa shape index (κ3) is 3.94. The van der Waals surface area contributed by atoms with E-state index in [1.165, 1.54) is 25.7 Å². The Morgan fingerprint density at radius 2 is 2.15 bits per heavy atom. The first kappa shape index (κ1) is 12.7. The lowest BCUT2D eigenvalue weighted by Crippen LogP contribution is -2.05. The van der Waals surface area contributed by atoms with Crippen LogP contribution in [-0.4, -0.2) is 9.55 Å². The quantitative estimate of drug-likeness (QED) is 0.777. The normalized spacial score (nSPS) is 12.2. The van der Waals surface area contributed by atoms with Gasteiger partial charge in [-0.2, -0.15) is 0 Å². The van der Waals surface area contributed by atoms with Crippen molar-refractivity contribution in [3.05, 3.63) is 18.7 Å². The van der Waals surface area contributed by atoms with E-state index in [9.17, 15) is 0 Å². The van der Waals surface area contributed by atoms with Crippen LogP contribution in [0.4, 0.5) is 0 Å². The lowest BCUT2D eigenvalue weighted by Gasteiger charge is -2.15. The summed E-state index contributed by atoms with van der Waals surface area (Å²) < 4.78 is 2.22. The first-order valence-corrected chi connectivity index (χ1v) is 4.86. The maximum atomic E-state index is 4.06. The van der Waals surface area contributed by atoms with Crippen LogP contribution in [0.15, 0.2) is 18.7 Å². The molecule has 1 atom stereocenters. The fourth-order valence-electron chi connectivity index (χ4n) is 1.49. The summed E-state index contributed by atoms with van der Waals surface area (Å²) in [6, 6.07) is 0.660. The zero-order valence-electron chi connectivity index (χ0n) is 8.44. The highest BCUT2D eigenvalue weighted by atomic mass is 79.9. The lowest BCUT2D eigenvalue weighted by molar-refractivity contribution is 0.436. The second-order valence-electron chi connectivity index (χ2n) is 3.21. The van der Waals surface area contributed by atoms with Crippen LogP contribution in [0.1, 0.15) is 45.6 Å². The largest absolute Gasteiger partial charge is 0.334 e. The number of unbranched alkanes of at least 4 members (excludes halogenated alkanes) is 1. The Balaban J connectivity index is 0.00000144. The summed E-state index contributed by atoms with van der Waals surface area (Å²) in [5.74, 6) is 0. The molecule has 1 aromatic heterocycles. The highest BCUT2D eigenvalue weighted by Crippen LogP contribution is 2.17. The molecule has 0 aliphatic carbocycles. The summed E-state index contributed by atoms with van der Waals surface area (Å²) >= 11 is 0. The average Bonchev–Trinajstić information content (AvgIpc) is 2.59. The maximum absolute atomic E-state index is 4.06. The standard InChI is InChI=1S/C10H18N2.BrH/c1-3-5-6-10(4-2)12-8-7-11-9-12;/h7-10H,3-6H2,1-2H3;1H. The molecule has 0 saturated carbocycles. The fourth-order valence-corrected chi connectivity index (χ4v) is 1.49. The van der Waals surface area contributed by atoms with Crippen LogP contribution in [0.5, 0.6) is 0 Å². The van der Waals surface area contributed by atoms with Crippen molar-refractivity contribution in [2.24, 2.45) is 0 Å². The van der Waals surface area contributed by atoms with Crippen LogP contribution >= 0.6 is 17.0 Å². The van der Waals surface area contributed by atoms with Crippen molar-refractivity contribution in [1.82, 2.24) is 9.55 Å². The Morgan fingerprint density at radius 3 is 2.62 bits per heavy atom. The molecule has 0 N–H and O–H groups in total. The maximum Gasteiger partial charge on any atom is 0.0948 e. The van der Waals surface area contributed by atoms with Crippen molar-refractivity contribution >= 4 is 17.0 Å². The minimum absolute atomic E-state index is 0. The van der Waals surface area contributed by atoms with Crippen molar-refractivity contribution in [3.8, 4) is 0 Å². The van der Waals surface area contributed by atoms with Gasteiger partial charge >= 0.3 is 0 Å². The summed E-state index contributed by atoms with van der Waals surface area (Å²) in [5, 5.41) is 0. The van der Waals surface area contributed by atoms with E-state index in [1.54, 1.807) is 0 Å². The van der Waals surface area contributed by atoms with Gasteiger partial charge in [0, 0.05) is 18.4 Å². The van der Waals surface area contributed by atoms with E-state index in [2.05, 4.69) is 29.6 Å². The average molecular weight is 247 g/mol. The van der Waals surface area contributed by atoms with Gasteiger partial charge in [0.15, 0.2) is 0 Å². The molecule has 0 radical (unpaired) electrons. The van der Waals surface area contributed by atoms with Gasteiger partial charge in [0.2, 0.25) is 0 Å². The second-order valence-corrected chi connectivity index (χ2v) is 3.21. The van der Waals surface area contributed by atoms with Gasteiger partial charge in [-0.15, -0.1) is 17.0 Å². The van der Waals surface area contributed by atoms with Gasteiger partial charge in [-0.3, -0.25) is 0 Å². The summed E-state index contributed by atoms with van der Waals surface area (Å²) in [5.41, 5.74) is 0. The zero-order valence-corrected chi connectivity index (χ0v) is 10.2. The molecular weight excluding hydrogens is 228 g/mol. The number of hydrogen-bond donors (Lipinski definition) is 0. The van der Waals surface area contributed by atoms with Crippen LogP contribution in [0, 0.1) is 0 Å². The summed E-state index contributed by atoms with van der Waals surface area (Å²) in [6.45, 7) is 4.47. The number of hydrogen-bond acceptors (Lipinski definition) is 1. The van der Waals surface area contributed by atoms with Crippen molar-refractivity contribution in [2.45, 2.75) is 45.6 Å². The van der Waals surface area contributed by atoms with Crippen LogP contribution in [0.25, 0.3) is 0 Å². The van der Waals surface area contributed by atoms with E-state index in [0.717, 1.165) is 0 Å². The van der Waals surface area contributed by atoms with Gasteiger partial charge in [0.25, 0.3) is 0 Å². The Labute approximate surface area is 91.1 Å². The van der Waals surface area contributed by atoms with Gasteiger partial charge < -0.3 is 4.57 Å². The Kier molecular flexibility index (Phi) is 6.96. The zero-order chi connectivity index (χ0) is 8.81. The first-order valence-electron chi connectivity index (χ1n) is 4.86. The second kappa shape index (κ2) is 7.13. The van der Waals surface area contributed by atoms with Crippen molar-refractivity contribution in [2.75, 3.05) is 0 Å². The minimum Gasteiger partial charge on any atom is -0.334 e. The van der Waals surface area contributed by atoms with Crippen LogP contribution in [0.3, 0.4) is 0 Å². The molecule has 1 aromatic rings. The molecule has 1 rings (SSSR count). The van der Waals surface area contributed by atoms with E-state index >= 15 is 0 Å². The first-order chi connectivity index (χ1) is 5.88. The molecule has 76 valence electrons. The molecule has 1 unspecified atom stereocenters. The third-order valence-electron chi connectivity index (χ3n) is 2.31. The third-order valence-corrected chi connectivity index (χ3v) is 2.31. The number of nitrogens with zero attached hydrogens (tertiary/aromatic N) is 2. The molecule has 13 heavy (non-hydrogen) atoms. The monoisotopic (exact) mass is 246 g/mol. The van der Waals surface area contributed by atoms with E-state index in [4.69, 9.17) is 0 Å². The summed E-state index contributed by atoms with van der Waals surface area (Å²) in [7, 11) is 0. The van der Waals surface area contributed by atoms with Gasteiger partial charge in [-0.1, -0.05) is 26.7 Å². The molecule has 0 aliphatic rings. The molecule has 3 heteroatoms. The predicted molar refractivity (Wildman–Crippen MR) is 61.4 cm³/mol. The smallest absolute Gasteiger partial charge is 0.0948 e. The van der Waals surface area contributed by atoms with Gasteiger partial charge in [0.05, 0.1) is 6.33 Å². The molecule has 2 nitrogen and oxygen atoms in total. The van der Waals surface area contributed by atoms with Crippen molar-refractivity contribution < 1.29 is 0 Å². The topological polar surface area (TPSA) is 17.8 Å². The van der Waals surface area contributed by atoms with Crippen LogP contribution < -0.4 is 0 Å². The lowest BCUT2D eigenvalue weighted by atomic mass is 10.1. The number of rotatable bonds is 5. The van der Waals surface area contributed by atoms with Gasteiger partial charge in [-0.05, 0) is 12.8 Å².